The Morgan fingerprint density at radius 3 is 1.60 bits per heavy atom. The van der Waals surface area contributed by atoms with E-state index in [0.29, 0.717) is 58.7 Å². The van der Waals surface area contributed by atoms with Gasteiger partial charge in [0, 0.05) is 81.0 Å². The van der Waals surface area contributed by atoms with Crippen molar-refractivity contribution in [1.29, 1.82) is 0 Å². The third-order valence-corrected chi connectivity index (χ3v) is 24.9. The zero-order valence-electron chi connectivity index (χ0n) is 73.0. The number of unbranched alkanes of at least 4 members (excludes halogenated alkanes) is 2. The first-order valence-electron chi connectivity index (χ1n) is 42.7. The van der Waals surface area contributed by atoms with E-state index >= 15 is 28.8 Å². The number of carbonyl (C=O) groups is 18. The number of thiophene rings is 1. The van der Waals surface area contributed by atoms with Crippen LogP contribution in [0, 0.1) is 5.92 Å². The summed E-state index contributed by atoms with van der Waals surface area (Å²) in [6.45, 7) is 5.24. The number of nitrogens with two attached hydrogens (primary N) is 3. The van der Waals surface area contributed by atoms with Crippen molar-refractivity contribution in [2.24, 2.45) is 23.1 Å². The van der Waals surface area contributed by atoms with E-state index in [-0.39, 0.29) is 89.0 Å². The van der Waals surface area contributed by atoms with E-state index < -0.39 is 235 Å². The van der Waals surface area contributed by atoms with Gasteiger partial charge in [-0.3, -0.25) is 86.3 Å². The first kappa shape index (κ1) is 101. The van der Waals surface area contributed by atoms with Crippen molar-refractivity contribution in [2.45, 2.75) is 222 Å². The summed E-state index contributed by atoms with van der Waals surface area (Å²) in [5.41, 5.74) is 18.8. The molecule has 5 heterocycles. The van der Waals surface area contributed by atoms with Crippen molar-refractivity contribution in [3.05, 3.63) is 101 Å². The predicted molar refractivity (Wildman–Crippen MR) is 471 cm³/mol. The van der Waals surface area contributed by atoms with Crippen molar-refractivity contribution in [3.8, 4) is 5.75 Å². The Morgan fingerprint density at radius 2 is 1.00 bits per heavy atom. The van der Waals surface area contributed by atoms with Crippen LogP contribution in [0.15, 0.2) is 84.4 Å². The fraction of sp³-hybridized carbons (Fsp3) is 0.535. The zero-order chi connectivity index (χ0) is 93.9. The largest absolute Gasteiger partial charge is 0.508 e. The van der Waals surface area contributed by atoms with Crippen LogP contribution in [0.25, 0.3) is 21.0 Å². The molecule has 3 fully saturated rings. The maximum atomic E-state index is 15.6. The van der Waals surface area contributed by atoms with Crippen LogP contribution in [0.2, 0.25) is 0 Å². The molecule has 14 atom stereocenters. The third-order valence-electron chi connectivity index (χ3n) is 22.8. The summed E-state index contributed by atoms with van der Waals surface area (Å²) in [6, 6.07) is -2.41. The zero-order valence-corrected chi connectivity index (χ0v) is 74.6. The molecule has 0 spiro atoms. The number of hydrogen-bond donors (Lipinski definition) is 17. The van der Waals surface area contributed by atoms with Crippen molar-refractivity contribution in [3.63, 3.8) is 0 Å². The Bertz CT molecular complexity index is 4850. The summed E-state index contributed by atoms with van der Waals surface area (Å²) in [4.78, 5) is 268. The molecule has 0 bridgehead atoms. The molecule has 8 rings (SSSR count). The van der Waals surface area contributed by atoms with Gasteiger partial charge in [-0.1, -0.05) is 102 Å². The highest BCUT2D eigenvalue weighted by atomic mass is 32.2. The van der Waals surface area contributed by atoms with Crippen LogP contribution in [-0.4, -0.2) is 301 Å². The number of amides is 18. The van der Waals surface area contributed by atoms with E-state index in [1.807, 2.05) is 32.0 Å². The smallest absolute Gasteiger partial charge is 0.246 e. The Hall–Kier alpha value is -12.3. The van der Waals surface area contributed by atoms with Crippen LogP contribution in [0.3, 0.4) is 0 Å². The van der Waals surface area contributed by atoms with E-state index in [2.05, 4.69) is 58.2 Å². The van der Waals surface area contributed by atoms with Crippen LogP contribution >= 0.6 is 23.1 Å². The van der Waals surface area contributed by atoms with E-state index in [4.69, 9.17) is 17.2 Å². The number of benzene rings is 3. The molecule has 40 nitrogen and oxygen atoms in total. The number of primary amides is 3. The maximum absolute atomic E-state index is 15.6. The molecule has 0 radical (unpaired) electrons. The van der Waals surface area contributed by atoms with E-state index in [1.54, 1.807) is 55.8 Å². The average molecular weight is 1820 g/mol. The highest BCUT2D eigenvalue weighted by Gasteiger charge is 2.46. The molecule has 18 amide bonds. The fourth-order valence-electron chi connectivity index (χ4n) is 15.7. The first-order valence-corrected chi connectivity index (χ1v) is 44.8. The minimum atomic E-state index is -1.86. The number of fused-ring (bicyclic) bond motifs is 4. The van der Waals surface area contributed by atoms with Gasteiger partial charge in [0.2, 0.25) is 106 Å². The van der Waals surface area contributed by atoms with Crippen LogP contribution < -0.4 is 70.4 Å². The minimum absolute atomic E-state index is 0.00527. The van der Waals surface area contributed by atoms with Gasteiger partial charge in [-0.05, 0) is 110 Å². The number of aliphatic hydroxyl groups excluding tert-OH is 2. The molecule has 42 heteroatoms. The summed E-state index contributed by atoms with van der Waals surface area (Å²) < 4.78 is 0.815. The number of likely N-dealkylation sites (N-methyl/N-ethyl adjacent to an activating group) is 3. The molecule has 5 aromatic rings. The highest BCUT2D eigenvalue weighted by molar-refractivity contribution is 8.00. The number of nitrogens with zero attached hydrogens (tertiary/aromatic N) is 5. The molecule has 0 aliphatic carbocycles. The number of thioether (sulfide) groups is 1. The number of aliphatic hydroxyl groups is 2. The number of phenolic OH excluding ortho intramolecular Hbond substituents is 1. The van der Waals surface area contributed by atoms with Crippen molar-refractivity contribution in [1.82, 2.24) is 82.7 Å². The monoisotopic (exact) mass is 1820 g/mol. The Labute approximate surface area is 748 Å². The molecule has 128 heavy (non-hydrogen) atoms. The van der Waals surface area contributed by atoms with Gasteiger partial charge in [0.15, 0.2) is 0 Å². The lowest BCUT2D eigenvalue weighted by Crippen LogP contribution is -2.62. The van der Waals surface area contributed by atoms with Gasteiger partial charge >= 0.3 is 0 Å². The lowest BCUT2D eigenvalue weighted by atomic mass is 10.00. The number of phenols is 1. The Morgan fingerprint density at radius 1 is 0.508 bits per heavy atom. The van der Waals surface area contributed by atoms with Gasteiger partial charge in [0.05, 0.1) is 38.4 Å². The van der Waals surface area contributed by atoms with Crippen LogP contribution in [-0.2, 0) is 106 Å². The minimum Gasteiger partial charge on any atom is -0.508 e. The number of para-hydroxylation sites is 1. The van der Waals surface area contributed by atoms with E-state index in [0.717, 1.165) is 36.1 Å². The van der Waals surface area contributed by atoms with Crippen molar-refractivity contribution < 1.29 is 102 Å². The molecule has 20 N–H and O–H groups in total. The molecule has 3 aromatic carbocycles. The fourth-order valence-corrected chi connectivity index (χ4v) is 17.5. The normalized spacial score (nSPS) is 24.9. The average Bonchev–Trinajstić information content (AvgIpc) is 1.31. The number of carbonyl (C=O) groups excluding carboxylic acids is 18. The SMILES string of the molecule is CCCC[C@H]1C(=O)N(C)[C@@H](CCCC)C(=O)N[C@@H](CO)C(=O)N[C@H](C(=O)NCC(N)=O)CSCC(=O)N[C@@H](Cc2ccc(O)cc2)C(=O)N(C)[C@@H](C)C(=O)N[C@H](CC(N)=O)C(=O)N2CCC[C@H]2C(=O)N[C@@H](CC(N)=O)C(=O)N[C@@H](CC(C)C)C(=O)N2CCC[C@H]2C(=O)N[C@@H](Cc2c[nH]c3ccccc23)C(=O)N[C@@H](CO)C(=O)N[C@@H](Cc2csc3ccccc23)C(=O)N1C. The first-order chi connectivity index (χ1) is 60.9. The van der Waals surface area contributed by atoms with Gasteiger partial charge in [0.25, 0.3) is 0 Å². The molecule has 2 aromatic heterocycles. The maximum Gasteiger partial charge on any atom is 0.246 e. The number of hydrogen-bond acceptors (Lipinski definition) is 23. The predicted octanol–water partition coefficient (Wildman–Crippen LogP) is -2.53. The van der Waals surface area contributed by atoms with Gasteiger partial charge < -0.3 is 115 Å². The molecule has 3 aliphatic rings. The van der Waals surface area contributed by atoms with Gasteiger partial charge in [0.1, 0.15) is 90.3 Å². The van der Waals surface area contributed by atoms with Gasteiger partial charge in [-0.15, -0.1) is 23.1 Å². The molecular formula is C86H119N19O21S2. The number of aromatic nitrogens is 1. The van der Waals surface area contributed by atoms with Crippen molar-refractivity contribution >= 4 is 150 Å². The molecular weight excluding hydrogens is 1700 g/mol. The summed E-state index contributed by atoms with van der Waals surface area (Å²) >= 11 is 2.07. The molecule has 0 saturated carbocycles. The van der Waals surface area contributed by atoms with E-state index in [1.165, 1.54) is 68.6 Å². The quantitative estimate of drug-likeness (QED) is 0.0321. The third kappa shape index (κ3) is 27.6. The number of H-pyrrole nitrogens is 1. The van der Waals surface area contributed by atoms with Crippen LogP contribution in [0.4, 0.5) is 0 Å². The lowest BCUT2D eigenvalue weighted by Gasteiger charge is -2.36. The van der Waals surface area contributed by atoms with Crippen LogP contribution in [0.1, 0.15) is 135 Å². The number of aromatic amines is 1. The molecule has 0 unspecified atom stereocenters. The van der Waals surface area contributed by atoms with Gasteiger partial charge in [-0.25, -0.2) is 0 Å². The summed E-state index contributed by atoms with van der Waals surface area (Å²) in [6.07, 6.45) is 0.978. The lowest BCUT2D eigenvalue weighted by molar-refractivity contribution is -0.149. The Balaban J connectivity index is 1.17. The standard InChI is InChI=1S/C86H119N19O21S2/c1-9-11-22-64-79(119)99-62(42-107)78(118)100-63(74(114)91-40-71(89)111)44-127-45-72(112)92-58(34-48-27-29-51(108)30-28-48)82(122)101(6)47(5)73(113)95-60(38-70(88)110)85(125)105-32-18-25-66(105)81(121)94-56(37-69(87)109)76(116)96-57(33-46(3)4)84(124)104-31-17-24-65(104)80(120)93-55(35-49-39-90-54-21-15-13-19-52(49)54)75(115)98-61(41-106)77(117)97-59(36-50-43-128-68-26-16-14-20-53(50)68)83(123)103(8)67(23-12-10-2)86(126)102(64)7/h13-16,19-21,26-30,39,43,46-47,55-67,90,106-108H,9-12,17-18,22-25,31-38,40-42,44-45H2,1-8H3,(H2,87,109)(H2,88,110)(H2,89,111)(H,91,114)(H,92,112)(H,93,120)(H,94,121)(H,95,113)(H,96,116)(H,97,117)(H,98,115)(H,99,119)(H,100,118)/t47-,55-,56-,57-,58-,59-,60+,61-,62-,63-,64-,65-,66-,67-/m0/s1. The summed E-state index contributed by atoms with van der Waals surface area (Å²) in [5, 5.41) is 60.8. The van der Waals surface area contributed by atoms with Gasteiger partial charge in [-0.2, -0.15) is 0 Å². The molecule has 3 aliphatic heterocycles. The second kappa shape index (κ2) is 48.0. The van der Waals surface area contributed by atoms with E-state index in [9.17, 15) is 72.9 Å². The van der Waals surface area contributed by atoms with Crippen molar-refractivity contribution in [2.75, 3.05) is 65.5 Å². The molecule has 696 valence electrons. The topological polar surface area (TPSA) is 598 Å². The second-order valence-corrected chi connectivity index (χ2v) is 34.7. The number of rotatable bonds is 23. The number of aromatic hydroxyl groups is 1. The Kier molecular flexibility index (Phi) is 37.9. The second-order valence-electron chi connectivity index (χ2n) is 32.8. The van der Waals surface area contributed by atoms with Crippen LogP contribution in [0.5, 0.6) is 5.75 Å². The summed E-state index contributed by atoms with van der Waals surface area (Å²) in [5.74, 6) is -19.2. The highest BCUT2D eigenvalue weighted by Crippen LogP contribution is 2.30. The summed E-state index contributed by atoms with van der Waals surface area (Å²) in [7, 11) is 3.84. The molecule has 3 saturated heterocycles. The number of nitrogens with one attached hydrogen (secondary N) is 11.